The number of rotatable bonds is 2. The first-order valence-electron chi connectivity index (χ1n) is 5.29. The van der Waals surface area contributed by atoms with Gasteiger partial charge < -0.3 is 11.1 Å². The van der Waals surface area contributed by atoms with Gasteiger partial charge in [0.05, 0.1) is 11.4 Å². The lowest BCUT2D eigenvalue weighted by Gasteiger charge is -2.07. The highest BCUT2D eigenvalue weighted by atomic mass is 19.2. The van der Waals surface area contributed by atoms with E-state index in [0.29, 0.717) is 0 Å². The van der Waals surface area contributed by atoms with Crippen molar-refractivity contribution in [2.75, 3.05) is 11.1 Å². The third-order valence-electron chi connectivity index (χ3n) is 2.46. The van der Waals surface area contributed by atoms with Crippen LogP contribution in [0.3, 0.4) is 0 Å². The van der Waals surface area contributed by atoms with Crippen LogP contribution in [0.15, 0.2) is 36.4 Å². The smallest absolute Gasteiger partial charge is 0.255 e. The Morgan fingerprint density at radius 1 is 1.05 bits per heavy atom. The van der Waals surface area contributed by atoms with E-state index < -0.39 is 23.4 Å². The van der Waals surface area contributed by atoms with Crippen LogP contribution in [0.25, 0.3) is 0 Å². The van der Waals surface area contributed by atoms with Gasteiger partial charge in [0.1, 0.15) is 5.82 Å². The molecule has 0 atom stereocenters. The van der Waals surface area contributed by atoms with Crippen molar-refractivity contribution >= 4 is 17.3 Å². The predicted octanol–water partition coefficient (Wildman–Crippen LogP) is 2.94. The fourth-order valence-electron chi connectivity index (χ4n) is 1.48. The second-order valence-electron chi connectivity index (χ2n) is 3.79. The second-order valence-corrected chi connectivity index (χ2v) is 3.79. The quantitative estimate of drug-likeness (QED) is 0.821. The summed E-state index contributed by atoms with van der Waals surface area (Å²) in [5, 5.41) is 2.18. The highest BCUT2D eigenvalue weighted by Crippen LogP contribution is 2.18. The molecule has 0 heterocycles. The molecule has 19 heavy (non-hydrogen) atoms. The number of nitrogens with one attached hydrogen (secondary N) is 1. The van der Waals surface area contributed by atoms with Crippen molar-refractivity contribution in [2.24, 2.45) is 0 Å². The Morgan fingerprint density at radius 2 is 1.79 bits per heavy atom. The van der Waals surface area contributed by atoms with E-state index in [9.17, 15) is 18.0 Å². The Hall–Kier alpha value is -2.50. The van der Waals surface area contributed by atoms with Gasteiger partial charge in [-0.1, -0.05) is 6.07 Å². The van der Waals surface area contributed by atoms with Gasteiger partial charge in [-0.2, -0.15) is 0 Å². The summed E-state index contributed by atoms with van der Waals surface area (Å²) < 4.78 is 39.2. The van der Waals surface area contributed by atoms with Gasteiger partial charge in [0.2, 0.25) is 0 Å². The molecule has 0 fully saturated rings. The molecule has 0 unspecified atom stereocenters. The maximum atomic E-state index is 13.3. The van der Waals surface area contributed by atoms with Crippen molar-refractivity contribution in [1.82, 2.24) is 0 Å². The molecule has 0 saturated heterocycles. The first-order chi connectivity index (χ1) is 8.99. The zero-order chi connectivity index (χ0) is 14.0. The third-order valence-corrected chi connectivity index (χ3v) is 2.46. The van der Waals surface area contributed by atoms with Crippen LogP contribution >= 0.6 is 0 Å². The minimum absolute atomic E-state index is 0.0440. The topological polar surface area (TPSA) is 55.1 Å². The largest absolute Gasteiger partial charge is 0.396 e. The third kappa shape index (κ3) is 2.67. The molecule has 3 nitrogen and oxygen atoms in total. The molecule has 98 valence electrons. The van der Waals surface area contributed by atoms with Crippen molar-refractivity contribution in [3.63, 3.8) is 0 Å². The van der Waals surface area contributed by atoms with E-state index in [2.05, 4.69) is 5.32 Å². The number of nitrogen functional groups attached to an aromatic ring is 1. The zero-order valence-electron chi connectivity index (χ0n) is 9.58. The van der Waals surface area contributed by atoms with Gasteiger partial charge in [0, 0.05) is 5.56 Å². The first kappa shape index (κ1) is 12.9. The number of carbonyl (C=O) groups is 1. The van der Waals surface area contributed by atoms with Crippen LogP contribution in [0.4, 0.5) is 24.5 Å². The predicted molar refractivity (Wildman–Crippen MR) is 65.1 cm³/mol. The normalized spacial score (nSPS) is 10.3. The van der Waals surface area contributed by atoms with E-state index >= 15 is 0 Å². The Bertz CT molecular complexity index is 644. The molecule has 2 aromatic rings. The number of hydrogen-bond acceptors (Lipinski definition) is 2. The number of benzene rings is 2. The molecule has 6 heteroatoms. The van der Waals surface area contributed by atoms with E-state index in [1.165, 1.54) is 18.2 Å². The zero-order valence-corrected chi connectivity index (χ0v) is 9.58. The maximum absolute atomic E-state index is 13.3. The van der Waals surface area contributed by atoms with Gasteiger partial charge in [-0.25, -0.2) is 13.2 Å². The summed E-state index contributed by atoms with van der Waals surface area (Å²) >= 11 is 0. The number of carbonyl (C=O) groups excluding carboxylic acids is 1. The molecular formula is C13H9F3N2O. The van der Waals surface area contributed by atoms with Gasteiger partial charge in [-0.3, -0.25) is 4.79 Å². The fourth-order valence-corrected chi connectivity index (χ4v) is 1.48. The maximum Gasteiger partial charge on any atom is 0.255 e. The SMILES string of the molecule is Nc1cc(C(=O)Nc2cccc(F)c2F)ccc1F. The lowest BCUT2D eigenvalue weighted by molar-refractivity contribution is 0.102. The molecule has 0 aromatic heterocycles. The van der Waals surface area contributed by atoms with Gasteiger partial charge in [-0.15, -0.1) is 0 Å². The highest BCUT2D eigenvalue weighted by Gasteiger charge is 2.13. The Labute approximate surface area is 106 Å². The van der Waals surface area contributed by atoms with Gasteiger partial charge in [-0.05, 0) is 30.3 Å². The van der Waals surface area contributed by atoms with E-state index in [0.717, 1.165) is 18.2 Å². The average Bonchev–Trinajstić information content (AvgIpc) is 2.38. The monoisotopic (exact) mass is 266 g/mol. The molecule has 0 spiro atoms. The summed E-state index contributed by atoms with van der Waals surface area (Å²) in [5.41, 5.74) is 4.86. The lowest BCUT2D eigenvalue weighted by Crippen LogP contribution is -2.14. The lowest BCUT2D eigenvalue weighted by atomic mass is 10.1. The summed E-state index contributed by atoms with van der Waals surface area (Å²) in [6.07, 6.45) is 0. The number of amides is 1. The van der Waals surface area contributed by atoms with Gasteiger partial charge in [0.15, 0.2) is 11.6 Å². The Balaban J connectivity index is 2.26. The van der Waals surface area contributed by atoms with Crippen molar-refractivity contribution in [3.8, 4) is 0 Å². The molecule has 2 aromatic carbocycles. The van der Waals surface area contributed by atoms with Gasteiger partial charge in [0.25, 0.3) is 5.91 Å². The van der Waals surface area contributed by atoms with Crippen LogP contribution in [0.1, 0.15) is 10.4 Å². The van der Waals surface area contributed by atoms with Crippen molar-refractivity contribution in [1.29, 1.82) is 0 Å². The number of halogens is 3. The minimum Gasteiger partial charge on any atom is -0.396 e. The van der Waals surface area contributed by atoms with E-state index in [1.807, 2.05) is 0 Å². The molecule has 2 rings (SSSR count). The average molecular weight is 266 g/mol. The van der Waals surface area contributed by atoms with Crippen LogP contribution in [0.2, 0.25) is 0 Å². The van der Waals surface area contributed by atoms with Crippen molar-refractivity contribution in [3.05, 3.63) is 59.4 Å². The molecule has 3 N–H and O–H groups in total. The fraction of sp³-hybridized carbons (Fsp3) is 0. The molecule has 0 radical (unpaired) electrons. The summed E-state index contributed by atoms with van der Waals surface area (Å²) in [4.78, 5) is 11.8. The van der Waals surface area contributed by atoms with Gasteiger partial charge >= 0.3 is 0 Å². The minimum atomic E-state index is -1.16. The number of nitrogens with two attached hydrogens (primary N) is 1. The van der Waals surface area contributed by atoms with Crippen LogP contribution < -0.4 is 11.1 Å². The van der Waals surface area contributed by atoms with Crippen molar-refractivity contribution in [2.45, 2.75) is 0 Å². The summed E-state index contributed by atoms with van der Waals surface area (Å²) in [6, 6.07) is 6.73. The van der Waals surface area contributed by atoms with Crippen LogP contribution in [0.5, 0.6) is 0 Å². The Morgan fingerprint density at radius 3 is 2.47 bits per heavy atom. The number of anilines is 2. The first-order valence-corrected chi connectivity index (χ1v) is 5.29. The summed E-state index contributed by atoms with van der Waals surface area (Å²) in [6.45, 7) is 0. The number of hydrogen-bond donors (Lipinski definition) is 2. The molecular weight excluding hydrogens is 257 g/mol. The van der Waals surface area contributed by atoms with Crippen LogP contribution in [0, 0.1) is 17.5 Å². The van der Waals surface area contributed by atoms with Crippen LogP contribution in [-0.4, -0.2) is 5.91 Å². The standard InChI is InChI=1S/C13H9F3N2O/c14-8-5-4-7(6-10(8)17)13(19)18-11-3-1-2-9(15)12(11)16/h1-6H,17H2,(H,18,19). The molecule has 0 bridgehead atoms. The second kappa shape index (κ2) is 5.01. The molecule has 0 saturated carbocycles. The molecule has 0 aliphatic rings. The van der Waals surface area contributed by atoms with Crippen molar-refractivity contribution < 1.29 is 18.0 Å². The van der Waals surface area contributed by atoms with E-state index in [-0.39, 0.29) is 16.9 Å². The Kier molecular flexibility index (Phi) is 3.41. The molecule has 1 amide bonds. The van der Waals surface area contributed by atoms with E-state index in [1.54, 1.807) is 0 Å². The summed E-state index contributed by atoms with van der Waals surface area (Å²) in [7, 11) is 0. The molecule has 0 aliphatic carbocycles. The van der Waals surface area contributed by atoms with E-state index in [4.69, 9.17) is 5.73 Å². The highest BCUT2D eigenvalue weighted by molar-refractivity contribution is 6.04. The van der Waals surface area contributed by atoms with Crippen LogP contribution in [-0.2, 0) is 0 Å². The summed E-state index contributed by atoms with van der Waals surface area (Å²) in [5.74, 6) is -3.60. The molecule has 0 aliphatic heterocycles.